The molecular formula is C19H27FN2O. The van der Waals surface area contributed by atoms with E-state index in [9.17, 15) is 9.18 Å². The van der Waals surface area contributed by atoms with Crippen molar-refractivity contribution in [3.8, 4) is 0 Å². The third-order valence-electron chi connectivity index (χ3n) is 5.26. The molecule has 1 N–H and O–H groups in total. The quantitative estimate of drug-likeness (QED) is 0.863. The van der Waals surface area contributed by atoms with Crippen molar-refractivity contribution >= 4 is 6.03 Å². The molecule has 2 fully saturated rings. The van der Waals surface area contributed by atoms with Gasteiger partial charge < -0.3 is 10.2 Å². The Labute approximate surface area is 138 Å². The van der Waals surface area contributed by atoms with Gasteiger partial charge in [0.2, 0.25) is 0 Å². The van der Waals surface area contributed by atoms with Crippen molar-refractivity contribution in [3.05, 3.63) is 35.6 Å². The molecule has 3 nitrogen and oxygen atoms in total. The van der Waals surface area contributed by atoms with E-state index in [2.05, 4.69) is 5.32 Å². The maximum Gasteiger partial charge on any atom is 0.318 e. The fourth-order valence-electron chi connectivity index (χ4n) is 3.90. The monoisotopic (exact) mass is 318 g/mol. The van der Waals surface area contributed by atoms with Crippen LogP contribution in [0.15, 0.2) is 24.3 Å². The fourth-order valence-corrected chi connectivity index (χ4v) is 3.90. The Morgan fingerprint density at radius 2 is 1.70 bits per heavy atom. The number of carbonyl (C=O) groups excluding carboxylic acids is 1. The minimum absolute atomic E-state index is 0.00736. The van der Waals surface area contributed by atoms with Crippen molar-refractivity contribution in [2.24, 2.45) is 0 Å². The Morgan fingerprint density at radius 3 is 2.39 bits per heavy atom. The zero-order valence-corrected chi connectivity index (χ0v) is 13.8. The lowest BCUT2D eigenvalue weighted by atomic mass is 9.96. The summed E-state index contributed by atoms with van der Waals surface area (Å²) in [4.78, 5) is 14.7. The molecule has 1 aromatic rings. The van der Waals surface area contributed by atoms with E-state index in [-0.39, 0.29) is 17.9 Å². The number of benzene rings is 1. The van der Waals surface area contributed by atoms with Gasteiger partial charge in [0.05, 0.1) is 6.54 Å². The highest BCUT2D eigenvalue weighted by molar-refractivity contribution is 5.75. The topological polar surface area (TPSA) is 32.3 Å². The standard InChI is InChI=1S/C19H27FN2O/c20-18-13-7-4-8-15(18)14-22(17-11-5-6-12-17)19(23)21-16-9-2-1-3-10-16/h4,7-8,13,16-17H,1-3,5-6,9-12,14H2,(H,21,23). The molecule has 0 unspecified atom stereocenters. The molecule has 1 aromatic carbocycles. The van der Waals surface area contributed by atoms with Gasteiger partial charge in [-0.2, -0.15) is 0 Å². The Hall–Kier alpha value is -1.58. The third-order valence-corrected chi connectivity index (χ3v) is 5.26. The van der Waals surface area contributed by atoms with E-state index in [1.54, 1.807) is 12.1 Å². The molecular weight excluding hydrogens is 291 g/mol. The Morgan fingerprint density at radius 1 is 1.04 bits per heavy atom. The van der Waals surface area contributed by atoms with Gasteiger partial charge in [0.1, 0.15) is 5.82 Å². The molecule has 0 aromatic heterocycles. The van der Waals surface area contributed by atoms with Gasteiger partial charge in [-0.05, 0) is 31.7 Å². The molecule has 23 heavy (non-hydrogen) atoms. The Balaban J connectivity index is 1.69. The molecule has 0 heterocycles. The molecule has 0 atom stereocenters. The summed E-state index contributed by atoms with van der Waals surface area (Å²) in [6.45, 7) is 0.371. The second-order valence-electron chi connectivity index (χ2n) is 6.94. The zero-order valence-electron chi connectivity index (χ0n) is 13.8. The normalized spacial score (nSPS) is 19.7. The molecule has 0 spiro atoms. The van der Waals surface area contributed by atoms with Crippen molar-refractivity contribution in [3.63, 3.8) is 0 Å². The van der Waals surface area contributed by atoms with Crippen LogP contribution < -0.4 is 5.32 Å². The number of hydrogen-bond donors (Lipinski definition) is 1. The molecule has 0 radical (unpaired) electrons. The van der Waals surface area contributed by atoms with Crippen molar-refractivity contribution < 1.29 is 9.18 Å². The van der Waals surface area contributed by atoms with E-state index in [4.69, 9.17) is 0 Å². The van der Waals surface area contributed by atoms with Crippen LogP contribution in [0.3, 0.4) is 0 Å². The Bertz CT molecular complexity index is 522. The van der Waals surface area contributed by atoms with Crippen LogP contribution in [0, 0.1) is 5.82 Å². The molecule has 0 aliphatic heterocycles. The summed E-state index contributed by atoms with van der Waals surface area (Å²) in [5.74, 6) is -0.221. The molecule has 2 aliphatic rings. The number of carbonyl (C=O) groups is 1. The minimum Gasteiger partial charge on any atom is -0.335 e. The average Bonchev–Trinajstić information content (AvgIpc) is 3.09. The first-order valence-electron chi connectivity index (χ1n) is 9.04. The predicted molar refractivity (Wildman–Crippen MR) is 89.6 cm³/mol. The van der Waals surface area contributed by atoms with E-state index in [0.717, 1.165) is 38.5 Å². The maximum absolute atomic E-state index is 14.0. The molecule has 3 rings (SSSR count). The molecule has 126 valence electrons. The molecule has 2 amide bonds. The number of amides is 2. The van der Waals surface area contributed by atoms with Gasteiger partial charge in [-0.25, -0.2) is 9.18 Å². The summed E-state index contributed by atoms with van der Waals surface area (Å²) in [5.41, 5.74) is 0.609. The number of urea groups is 1. The number of halogens is 1. The highest BCUT2D eigenvalue weighted by Gasteiger charge is 2.29. The van der Waals surface area contributed by atoms with Crippen LogP contribution in [0.5, 0.6) is 0 Å². The number of nitrogens with zero attached hydrogens (tertiary/aromatic N) is 1. The Kier molecular flexibility index (Phi) is 5.52. The van der Waals surface area contributed by atoms with Crippen LogP contribution in [0.1, 0.15) is 63.4 Å². The smallest absolute Gasteiger partial charge is 0.318 e. The van der Waals surface area contributed by atoms with Crippen LogP contribution >= 0.6 is 0 Å². The van der Waals surface area contributed by atoms with Crippen LogP contribution in [-0.2, 0) is 6.54 Å². The number of hydrogen-bond acceptors (Lipinski definition) is 1. The van der Waals surface area contributed by atoms with Gasteiger partial charge in [-0.15, -0.1) is 0 Å². The summed E-state index contributed by atoms with van der Waals surface area (Å²) >= 11 is 0. The first kappa shape index (κ1) is 16.3. The summed E-state index contributed by atoms with van der Waals surface area (Å²) in [5, 5.41) is 3.20. The highest BCUT2D eigenvalue weighted by Crippen LogP contribution is 2.26. The van der Waals surface area contributed by atoms with Gasteiger partial charge in [-0.1, -0.05) is 50.3 Å². The van der Waals surface area contributed by atoms with Gasteiger partial charge in [0, 0.05) is 17.6 Å². The minimum atomic E-state index is -0.221. The number of nitrogens with one attached hydrogen (secondary N) is 1. The lowest BCUT2D eigenvalue weighted by molar-refractivity contribution is 0.163. The van der Waals surface area contributed by atoms with Crippen molar-refractivity contribution in [1.82, 2.24) is 10.2 Å². The average molecular weight is 318 g/mol. The van der Waals surface area contributed by atoms with Crippen LogP contribution in [0.4, 0.5) is 9.18 Å². The van der Waals surface area contributed by atoms with E-state index >= 15 is 0 Å². The maximum atomic E-state index is 14.0. The third kappa shape index (κ3) is 4.24. The van der Waals surface area contributed by atoms with Crippen molar-refractivity contribution in [1.29, 1.82) is 0 Å². The predicted octanol–water partition coefficient (Wildman–Crippen LogP) is 4.61. The van der Waals surface area contributed by atoms with Crippen LogP contribution in [0.2, 0.25) is 0 Å². The molecule has 4 heteroatoms. The lowest BCUT2D eigenvalue weighted by Gasteiger charge is -2.32. The second kappa shape index (κ2) is 7.80. The van der Waals surface area contributed by atoms with Gasteiger partial charge in [0.15, 0.2) is 0 Å². The van der Waals surface area contributed by atoms with E-state index in [1.165, 1.54) is 25.3 Å². The SMILES string of the molecule is O=C(NC1CCCCC1)N(Cc1ccccc1F)C1CCCC1. The lowest BCUT2D eigenvalue weighted by Crippen LogP contribution is -2.48. The first-order chi connectivity index (χ1) is 11.2. The molecule has 0 bridgehead atoms. The first-order valence-corrected chi connectivity index (χ1v) is 9.04. The molecule has 2 aliphatic carbocycles. The van der Waals surface area contributed by atoms with Gasteiger partial charge in [-0.3, -0.25) is 0 Å². The number of rotatable bonds is 4. The van der Waals surface area contributed by atoms with Crippen molar-refractivity contribution in [2.45, 2.75) is 76.4 Å². The molecule has 0 saturated heterocycles. The summed E-state index contributed by atoms with van der Waals surface area (Å²) in [6, 6.07) is 7.32. The van der Waals surface area contributed by atoms with Gasteiger partial charge >= 0.3 is 6.03 Å². The van der Waals surface area contributed by atoms with Crippen LogP contribution in [0.25, 0.3) is 0 Å². The van der Waals surface area contributed by atoms with E-state index in [1.807, 2.05) is 11.0 Å². The largest absolute Gasteiger partial charge is 0.335 e. The van der Waals surface area contributed by atoms with Crippen LogP contribution in [-0.4, -0.2) is 23.0 Å². The summed E-state index contributed by atoms with van der Waals surface area (Å²) in [6.07, 6.45) is 10.2. The second-order valence-corrected chi connectivity index (χ2v) is 6.94. The van der Waals surface area contributed by atoms with Crippen molar-refractivity contribution in [2.75, 3.05) is 0 Å². The zero-order chi connectivity index (χ0) is 16.1. The van der Waals surface area contributed by atoms with E-state index in [0.29, 0.717) is 18.2 Å². The van der Waals surface area contributed by atoms with Gasteiger partial charge in [0.25, 0.3) is 0 Å². The molecule has 2 saturated carbocycles. The fraction of sp³-hybridized carbons (Fsp3) is 0.632. The highest BCUT2D eigenvalue weighted by atomic mass is 19.1. The summed E-state index contributed by atoms with van der Waals surface area (Å²) < 4.78 is 14.0. The summed E-state index contributed by atoms with van der Waals surface area (Å²) in [7, 11) is 0. The van der Waals surface area contributed by atoms with E-state index < -0.39 is 0 Å².